The first-order chi connectivity index (χ1) is 13.8. The van der Waals surface area contributed by atoms with E-state index in [0.29, 0.717) is 0 Å². The Hall–Kier alpha value is -2.79. The topological polar surface area (TPSA) is 39.9 Å². The fourth-order valence-corrected chi connectivity index (χ4v) is 4.40. The molecule has 4 nitrogen and oxygen atoms in total. The predicted molar refractivity (Wildman–Crippen MR) is 116 cm³/mol. The van der Waals surface area contributed by atoms with Crippen molar-refractivity contribution in [2.24, 2.45) is 0 Å². The summed E-state index contributed by atoms with van der Waals surface area (Å²) in [6.45, 7) is 2.21. The van der Waals surface area contributed by atoms with Crippen molar-refractivity contribution in [3.05, 3.63) is 67.1 Å². The van der Waals surface area contributed by atoms with E-state index >= 15 is 0 Å². The second-order valence-electron chi connectivity index (χ2n) is 6.53. The van der Waals surface area contributed by atoms with Crippen LogP contribution in [0.4, 0.5) is 0 Å². The monoisotopic (exact) mass is 389 g/mol. The van der Waals surface area contributed by atoms with E-state index in [2.05, 4.69) is 58.0 Å². The molecule has 4 aromatic rings. The van der Waals surface area contributed by atoms with Crippen LogP contribution in [0.3, 0.4) is 0 Å². The van der Waals surface area contributed by atoms with E-state index in [4.69, 9.17) is 4.74 Å². The van der Waals surface area contributed by atoms with Gasteiger partial charge in [0.2, 0.25) is 0 Å². The van der Waals surface area contributed by atoms with E-state index < -0.39 is 0 Å². The summed E-state index contributed by atoms with van der Waals surface area (Å²) in [5.41, 5.74) is 4.17. The number of hydrogen-bond donors (Lipinski definition) is 0. The summed E-state index contributed by atoms with van der Waals surface area (Å²) in [6.07, 6.45) is 6.16. The fraction of sp³-hybridized carbons (Fsp3) is 0.217. The Labute approximate surface area is 169 Å². The standard InChI is InChI=1S/C23H23N3OS/c1-3-4-14-28-23-21-18(17-10-6-5-7-11-17)15-26(22(21)24-16-25-23)19-12-8-9-13-20(19)27-2/h5-13,15-16H,3-4,14H2,1-2H3. The van der Waals surface area contributed by atoms with Gasteiger partial charge in [-0.1, -0.05) is 55.8 Å². The summed E-state index contributed by atoms with van der Waals surface area (Å²) < 4.78 is 7.72. The van der Waals surface area contributed by atoms with Crippen molar-refractivity contribution in [2.75, 3.05) is 12.9 Å². The van der Waals surface area contributed by atoms with Crippen LogP contribution in [0.2, 0.25) is 0 Å². The van der Waals surface area contributed by atoms with E-state index in [1.54, 1.807) is 25.2 Å². The Balaban J connectivity index is 1.96. The van der Waals surface area contributed by atoms with Gasteiger partial charge in [-0.25, -0.2) is 9.97 Å². The maximum Gasteiger partial charge on any atom is 0.149 e. The minimum absolute atomic E-state index is 0.817. The number of thioether (sulfide) groups is 1. The van der Waals surface area contributed by atoms with Gasteiger partial charge in [0.05, 0.1) is 18.2 Å². The first-order valence-corrected chi connectivity index (χ1v) is 10.5. The van der Waals surface area contributed by atoms with Crippen molar-refractivity contribution in [3.63, 3.8) is 0 Å². The molecule has 2 aromatic carbocycles. The predicted octanol–water partition coefficient (Wildman–Crippen LogP) is 5.99. The normalized spacial score (nSPS) is 11.1. The first kappa shape index (κ1) is 18.6. The zero-order chi connectivity index (χ0) is 19.3. The molecule has 0 saturated heterocycles. The van der Waals surface area contributed by atoms with E-state index in [1.807, 2.05) is 24.3 Å². The summed E-state index contributed by atoms with van der Waals surface area (Å²) in [4.78, 5) is 9.27. The molecule has 0 aliphatic rings. The zero-order valence-corrected chi connectivity index (χ0v) is 16.9. The van der Waals surface area contributed by atoms with E-state index in [9.17, 15) is 0 Å². The Morgan fingerprint density at radius 1 is 1.00 bits per heavy atom. The minimum Gasteiger partial charge on any atom is -0.495 e. The average Bonchev–Trinajstić information content (AvgIpc) is 3.15. The number of unbranched alkanes of at least 4 members (excludes halogenated alkanes) is 1. The molecule has 0 N–H and O–H groups in total. The van der Waals surface area contributed by atoms with Crippen LogP contribution in [0.5, 0.6) is 5.75 Å². The number of rotatable bonds is 7. The average molecular weight is 390 g/mol. The van der Waals surface area contributed by atoms with Crippen molar-refractivity contribution in [3.8, 4) is 22.6 Å². The third kappa shape index (κ3) is 3.50. The molecule has 5 heteroatoms. The molecule has 0 unspecified atom stereocenters. The highest BCUT2D eigenvalue weighted by molar-refractivity contribution is 7.99. The van der Waals surface area contributed by atoms with Crippen molar-refractivity contribution in [2.45, 2.75) is 24.8 Å². The second-order valence-corrected chi connectivity index (χ2v) is 7.61. The van der Waals surface area contributed by atoms with Crippen LogP contribution in [-0.2, 0) is 0 Å². The van der Waals surface area contributed by atoms with Gasteiger partial charge in [-0.3, -0.25) is 4.57 Å². The van der Waals surface area contributed by atoms with E-state index in [1.165, 1.54) is 12.8 Å². The molecule has 2 heterocycles. The Kier molecular flexibility index (Phi) is 5.63. The van der Waals surface area contributed by atoms with Gasteiger partial charge in [-0.05, 0) is 29.9 Å². The number of nitrogens with zero attached hydrogens (tertiary/aromatic N) is 3. The van der Waals surface area contributed by atoms with Gasteiger partial charge in [-0.2, -0.15) is 0 Å². The van der Waals surface area contributed by atoms with Gasteiger partial charge < -0.3 is 4.74 Å². The molecular formula is C23H23N3OS. The third-order valence-corrected chi connectivity index (χ3v) is 5.79. The summed E-state index contributed by atoms with van der Waals surface area (Å²) in [6, 6.07) is 18.5. The summed E-state index contributed by atoms with van der Waals surface area (Å²) in [7, 11) is 1.70. The third-order valence-electron chi connectivity index (χ3n) is 4.71. The largest absolute Gasteiger partial charge is 0.495 e. The number of benzene rings is 2. The SMILES string of the molecule is CCCCSc1ncnc2c1c(-c1ccccc1)cn2-c1ccccc1OC. The lowest BCUT2D eigenvalue weighted by Gasteiger charge is -2.10. The number of ether oxygens (including phenoxy) is 1. The fourth-order valence-electron chi connectivity index (χ4n) is 3.31. The lowest BCUT2D eigenvalue weighted by atomic mass is 10.1. The van der Waals surface area contributed by atoms with Crippen LogP contribution in [-0.4, -0.2) is 27.4 Å². The maximum absolute atomic E-state index is 5.60. The highest BCUT2D eigenvalue weighted by Crippen LogP contribution is 2.38. The van der Waals surface area contributed by atoms with Crippen LogP contribution >= 0.6 is 11.8 Å². The molecule has 142 valence electrons. The molecule has 0 saturated carbocycles. The van der Waals surface area contributed by atoms with Crippen LogP contribution in [0.25, 0.3) is 27.8 Å². The van der Waals surface area contributed by atoms with Crippen molar-refractivity contribution >= 4 is 22.8 Å². The number of hydrogen-bond acceptors (Lipinski definition) is 4. The Morgan fingerprint density at radius 2 is 1.79 bits per heavy atom. The molecule has 0 amide bonds. The van der Waals surface area contributed by atoms with Crippen LogP contribution in [0.1, 0.15) is 19.8 Å². The number of methoxy groups -OCH3 is 1. The molecule has 0 aliphatic carbocycles. The zero-order valence-electron chi connectivity index (χ0n) is 16.1. The van der Waals surface area contributed by atoms with Crippen LogP contribution in [0.15, 0.2) is 72.1 Å². The molecular weight excluding hydrogens is 366 g/mol. The van der Waals surface area contributed by atoms with Gasteiger partial charge in [-0.15, -0.1) is 11.8 Å². The first-order valence-electron chi connectivity index (χ1n) is 9.51. The van der Waals surface area contributed by atoms with Crippen molar-refractivity contribution in [1.82, 2.24) is 14.5 Å². The highest BCUT2D eigenvalue weighted by atomic mass is 32.2. The molecule has 0 bridgehead atoms. The lowest BCUT2D eigenvalue weighted by Crippen LogP contribution is -1.98. The molecule has 0 atom stereocenters. The lowest BCUT2D eigenvalue weighted by molar-refractivity contribution is 0.413. The number of aromatic nitrogens is 3. The van der Waals surface area contributed by atoms with Crippen molar-refractivity contribution < 1.29 is 4.74 Å². The maximum atomic E-state index is 5.60. The smallest absolute Gasteiger partial charge is 0.149 e. The van der Waals surface area contributed by atoms with Gasteiger partial charge in [0.1, 0.15) is 22.7 Å². The molecule has 4 rings (SSSR count). The second kappa shape index (κ2) is 8.48. The Morgan fingerprint density at radius 3 is 2.57 bits per heavy atom. The number of fused-ring (bicyclic) bond motifs is 1. The van der Waals surface area contributed by atoms with Crippen molar-refractivity contribution in [1.29, 1.82) is 0 Å². The minimum atomic E-state index is 0.817. The molecule has 0 aliphatic heterocycles. The van der Waals surface area contributed by atoms with Gasteiger partial charge in [0.15, 0.2) is 0 Å². The summed E-state index contributed by atoms with van der Waals surface area (Å²) in [5, 5.41) is 2.13. The van der Waals surface area contributed by atoms with Gasteiger partial charge >= 0.3 is 0 Å². The quantitative estimate of drug-likeness (QED) is 0.221. The molecule has 0 spiro atoms. The Bertz CT molecular complexity index is 1080. The van der Waals surface area contributed by atoms with Crippen LogP contribution in [0, 0.1) is 0 Å². The summed E-state index contributed by atoms with van der Waals surface area (Å²) >= 11 is 1.81. The molecule has 0 radical (unpaired) electrons. The highest BCUT2D eigenvalue weighted by Gasteiger charge is 2.18. The van der Waals surface area contributed by atoms with Gasteiger partial charge in [0.25, 0.3) is 0 Å². The molecule has 0 fully saturated rings. The molecule has 2 aromatic heterocycles. The van der Waals surface area contributed by atoms with E-state index in [0.717, 1.165) is 44.4 Å². The van der Waals surface area contributed by atoms with E-state index in [-0.39, 0.29) is 0 Å². The number of para-hydroxylation sites is 2. The van der Waals surface area contributed by atoms with Gasteiger partial charge in [0, 0.05) is 11.8 Å². The summed E-state index contributed by atoms with van der Waals surface area (Å²) in [5.74, 6) is 1.87. The van der Waals surface area contributed by atoms with Crippen LogP contribution < -0.4 is 4.74 Å². The molecule has 28 heavy (non-hydrogen) atoms.